The predicted octanol–water partition coefficient (Wildman–Crippen LogP) is 4.73. The highest BCUT2D eigenvalue weighted by Crippen LogP contribution is 2.31. The molecule has 1 fully saturated rings. The Labute approximate surface area is 245 Å². The van der Waals surface area contributed by atoms with E-state index in [0.717, 1.165) is 32.5 Å². The Bertz CT molecular complexity index is 1190. The number of carbonyl (C=O) groups is 1. The molecule has 3 rings (SSSR count). The van der Waals surface area contributed by atoms with E-state index in [4.69, 9.17) is 19.9 Å². The molecule has 230 valence electrons. The number of aliphatic carboxylic acids is 1. The number of aromatic nitrogens is 2. The molecule has 2 heterocycles. The molecule has 0 saturated carbocycles. The highest BCUT2D eigenvalue weighted by molar-refractivity contribution is 9.10. The zero-order chi connectivity index (χ0) is 31.0. The lowest BCUT2D eigenvalue weighted by Crippen LogP contribution is -2.46. The van der Waals surface area contributed by atoms with Gasteiger partial charge in [0.1, 0.15) is 11.6 Å². The molecule has 0 radical (unpaired) electrons. The highest BCUT2D eigenvalue weighted by Gasteiger charge is 2.38. The van der Waals surface area contributed by atoms with Gasteiger partial charge in [0, 0.05) is 55.0 Å². The molecule has 0 bridgehead atoms. The minimum atomic E-state index is -5.08. The third-order valence-corrected chi connectivity index (χ3v) is 7.35. The lowest BCUT2D eigenvalue weighted by Gasteiger charge is -2.34. The van der Waals surface area contributed by atoms with Crippen LogP contribution in [-0.2, 0) is 4.79 Å². The quantitative estimate of drug-likeness (QED) is 0.173. The maximum Gasteiger partial charge on any atom is 0.490 e. The number of hydrogen-bond donors (Lipinski definition) is 5. The minimum Gasteiger partial charge on any atom is -0.475 e. The fourth-order valence-corrected chi connectivity index (χ4v) is 4.32. The average molecular weight is 653 g/mol. The van der Waals surface area contributed by atoms with E-state index in [0.29, 0.717) is 46.1 Å². The molecule has 1 unspecified atom stereocenters. The number of nitrogens with one attached hydrogen (secondary N) is 2. The Hall–Kier alpha value is -2.55. The number of anilines is 2. The van der Waals surface area contributed by atoms with E-state index in [1.165, 1.54) is 6.07 Å². The van der Waals surface area contributed by atoms with Crippen molar-refractivity contribution in [1.29, 1.82) is 0 Å². The van der Waals surface area contributed by atoms with E-state index >= 15 is 0 Å². The van der Waals surface area contributed by atoms with Crippen LogP contribution in [0.25, 0.3) is 10.9 Å². The van der Waals surface area contributed by atoms with Gasteiger partial charge in [-0.05, 0) is 47.3 Å². The maximum atomic E-state index is 14.4. The van der Waals surface area contributed by atoms with Crippen LogP contribution in [0.4, 0.5) is 29.3 Å². The number of hydrogen-bond acceptors (Lipinski definition) is 8. The highest BCUT2D eigenvalue weighted by atomic mass is 79.9. The Kier molecular flexibility index (Phi) is 12.3. The van der Waals surface area contributed by atoms with Crippen LogP contribution in [-0.4, -0.2) is 82.9 Å². The second-order valence-corrected chi connectivity index (χ2v) is 12.1. The van der Waals surface area contributed by atoms with E-state index in [9.17, 15) is 27.8 Å². The predicted molar refractivity (Wildman–Crippen MR) is 153 cm³/mol. The number of benzene rings is 1. The summed E-state index contributed by atoms with van der Waals surface area (Å²) in [4.78, 5) is 20.6. The first-order chi connectivity index (χ1) is 19.0. The largest absolute Gasteiger partial charge is 0.490 e. The van der Waals surface area contributed by atoms with Crippen LogP contribution in [0, 0.1) is 16.6 Å². The van der Waals surface area contributed by atoms with E-state index in [1.54, 1.807) is 12.1 Å². The first-order valence-corrected chi connectivity index (χ1v) is 13.8. The van der Waals surface area contributed by atoms with E-state index in [1.807, 2.05) is 20.8 Å². The molecule has 9 nitrogen and oxygen atoms in total. The average Bonchev–Trinajstić information content (AvgIpc) is 2.91. The molecule has 1 aliphatic rings. The van der Waals surface area contributed by atoms with Crippen molar-refractivity contribution in [3.8, 4) is 0 Å². The summed E-state index contributed by atoms with van der Waals surface area (Å²) in [5.74, 6) is -1.97. The smallest absolute Gasteiger partial charge is 0.475 e. The van der Waals surface area contributed by atoms with Crippen LogP contribution < -0.4 is 15.5 Å². The molecule has 2 aromatic rings. The molecular weight excluding hydrogens is 614 g/mol. The second kappa shape index (κ2) is 14.6. The zero-order valence-electron chi connectivity index (χ0n) is 23.4. The number of aliphatic hydroxyl groups excluding tert-OH is 2. The van der Waals surface area contributed by atoms with Crippen molar-refractivity contribution in [3.05, 3.63) is 35.1 Å². The van der Waals surface area contributed by atoms with E-state index in [2.05, 4.69) is 38.0 Å². The van der Waals surface area contributed by atoms with Gasteiger partial charge in [0.05, 0.1) is 16.6 Å². The second-order valence-electron chi connectivity index (χ2n) is 11.2. The van der Waals surface area contributed by atoms with E-state index in [-0.39, 0.29) is 24.4 Å². The summed E-state index contributed by atoms with van der Waals surface area (Å²) in [5.41, 5.74) is 0.107. The van der Waals surface area contributed by atoms with Gasteiger partial charge in [0.25, 0.3) is 0 Å². The van der Waals surface area contributed by atoms with Crippen molar-refractivity contribution < 1.29 is 37.7 Å². The Balaban J connectivity index is 0.000000745. The molecule has 0 spiro atoms. The molecule has 0 amide bonds. The van der Waals surface area contributed by atoms with Gasteiger partial charge >= 0.3 is 12.1 Å². The van der Waals surface area contributed by atoms with Gasteiger partial charge < -0.3 is 30.9 Å². The van der Waals surface area contributed by atoms with Crippen LogP contribution in [0.3, 0.4) is 0 Å². The summed E-state index contributed by atoms with van der Waals surface area (Å²) in [6, 6.07) is 3.50. The summed E-state index contributed by atoms with van der Waals surface area (Å²) in [6.07, 6.45) is -0.765. The molecule has 41 heavy (non-hydrogen) atoms. The van der Waals surface area contributed by atoms with Gasteiger partial charge in [-0.1, -0.05) is 26.8 Å². The van der Waals surface area contributed by atoms with Crippen molar-refractivity contribution in [1.82, 2.24) is 15.3 Å². The molecule has 1 saturated heterocycles. The number of allylic oxidation sites excluding steroid dienone is 1. The number of carboxylic acid groups (broad SMARTS) is 1. The fraction of sp³-hybridized carbons (Fsp3) is 0.593. The Morgan fingerprint density at radius 3 is 2.27 bits per heavy atom. The Morgan fingerprint density at radius 2 is 1.76 bits per heavy atom. The number of carboxylic acids is 1. The van der Waals surface area contributed by atoms with Crippen LogP contribution >= 0.6 is 15.9 Å². The van der Waals surface area contributed by atoms with Crippen LogP contribution in [0.1, 0.15) is 40.0 Å². The van der Waals surface area contributed by atoms with Gasteiger partial charge in [-0.15, -0.1) is 6.58 Å². The van der Waals surface area contributed by atoms with Crippen molar-refractivity contribution in [2.24, 2.45) is 10.8 Å². The third kappa shape index (κ3) is 10.3. The van der Waals surface area contributed by atoms with Gasteiger partial charge in [-0.2, -0.15) is 18.2 Å². The van der Waals surface area contributed by atoms with Gasteiger partial charge in [-0.3, -0.25) is 0 Å². The molecule has 1 aliphatic heterocycles. The first kappa shape index (κ1) is 34.7. The third-order valence-electron chi connectivity index (χ3n) is 6.75. The molecule has 14 heteroatoms. The molecule has 0 aliphatic carbocycles. The lowest BCUT2D eigenvalue weighted by atomic mass is 9.88. The van der Waals surface area contributed by atoms with Crippen molar-refractivity contribution in [2.45, 2.75) is 52.3 Å². The summed E-state index contributed by atoms with van der Waals surface area (Å²) in [7, 11) is 0. The molecule has 1 aromatic heterocycles. The number of nitrogens with zero attached hydrogens (tertiary/aromatic N) is 3. The van der Waals surface area contributed by atoms with Gasteiger partial charge in [0.2, 0.25) is 5.95 Å². The number of fused-ring (bicyclic) bond motifs is 1. The lowest BCUT2D eigenvalue weighted by molar-refractivity contribution is -0.192. The van der Waals surface area contributed by atoms with Crippen molar-refractivity contribution >= 4 is 44.6 Å². The molecule has 5 N–H and O–H groups in total. The topological polar surface area (TPSA) is 131 Å². The summed E-state index contributed by atoms with van der Waals surface area (Å²) in [5, 5.41) is 34.0. The van der Waals surface area contributed by atoms with Crippen LogP contribution in [0.5, 0.6) is 0 Å². The standard InChI is InChI=1S/C25H37BrFN5O2.C2HF3O2/c1-5-8-25(4,16-34)14-29-22-18-11-20(27)19(26)12-21(18)30-23(31-22)32-9-6-17(7-10-32)28-13-24(2,3)15-33;3-2(4,5)1(6)7/h5,11-12,17,28,33-34H,1,6-10,13-16H2,2-4H3,(H,29,30,31);(H,6,7). The number of piperidine rings is 1. The SMILES string of the molecule is C=CCC(C)(CO)CNc1nc(N2CCC(NCC(C)(C)CO)CC2)nc2cc(Br)c(F)cc12.O=C(O)C(F)(F)F. The molecule has 1 atom stereocenters. The number of rotatable bonds is 11. The minimum absolute atomic E-state index is 0.00456. The summed E-state index contributed by atoms with van der Waals surface area (Å²) in [6.45, 7) is 12.8. The maximum absolute atomic E-state index is 14.4. The monoisotopic (exact) mass is 651 g/mol. The first-order valence-electron chi connectivity index (χ1n) is 13.1. The normalized spacial score (nSPS) is 16.1. The number of halogens is 5. The van der Waals surface area contributed by atoms with Crippen molar-refractivity contribution in [2.75, 3.05) is 49.6 Å². The van der Waals surface area contributed by atoms with Gasteiger partial charge in [-0.25, -0.2) is 14.2 Å². The fourth-order valence-electron chi connectivity index (χ4n) is 3.99. The van der Waals surface area contributed by atoms with Gasteiger partial charge in [0.15, 0.2) is 0 Å². The van der Waals surface area contributed by atoms with Crippen LogP contribution in [0.2, 0.25) is 0 Å². The Morgan fingerprint density at radius 1 is 1.15 bits per heavy atom. The van der Waals surface area contributed by atoms with Crippen LogP contribution in [0.15, 0.2) is 29.3 Å². The van der Waals surface area contributed by atoms with Crippen molar-refractivity contribution in [3.63, 3.8) is 0 Å². The molecular formula is C27H38BrF4N5O4. The number of aliphatic hydroxyl groups is 2. The zero-order valence-corrected chi connectivity index (χ0v) is 24.9. The van der Waals surface area contributed by atoms with E-state index < -0.39 is 17.6 Å². The number of alkyl halides is 3. The molecule has 1 aromatic carbocycles. The summed E-state index contributed by atoms with van der Waals surface area (Å²) < 4.78 is 46.4. The summed E-state index contributed by atoms with van der Waals surface area (Å²) >= 11 is 3.27.